The number of hydrogen-bond donors (Lipinski definition) is 2. The lowest BCUT2D eigenvalue weighted by atomic mass is 9.76. The van der Waals surface area contributed by atoms with Crippen LogP contribution < -0.4 is 10.6 Å². The van der Waals surface area contributed by atoms with Crippen LogP contribution in [0.5, 0.6) is 0 Å². The molecule has 1 saturated carbocycles. The highest BCUT2D eigenvalue weighted by Crippen LogP contribution is 2.37. The summed E-state index contributed by atoms with van der Waals surface area (Å²) in [6.07, 6.45) is 4.26. The summed E-state index contributed by atoms with van der Waals surface area (Å²) in [5.41, 5.74) is 2.43. The smallest absolute Gasteiger partial charge is 0.407 e. The number of likely N-dealkylation sites (tertiary alicyclic amines) is 1. The predicted molar refractivity (Wildman–Crippen MR) is 164 cm³/mol. The summed E-state index contributed by atoms with van der Waals surface area (Å²) in [7, 11) is 1.34. The van der Waals surface area contributed by atoms with Gasteiger partial charge in [0.2, 0.25) is 5.91 Å². The number of carbonyl (C=O) groups excluding carboxylic acids is 4. The summed E-state index contributed by atoms with van der Waals surface area (Å²) in [6.45, 7) is 6.57. The van der Waals surface area contributed by atoms with Crippen molar-refractivity contribution >= 4 is 23.9 Å². The van der Waals surface area contributed by atoms with E-state index in [0.717, 1.165) is 31.2 Å². The van der Waals surface area contributed by atoms with Crippen molar-refractivity contribution in [3.63, 3.8) is 0 Å². The molecule has 2 atom stereocenters. The number of benzene rings is 2. The largest absolute Gasteiger partial charge is 0.469 e. The van der Waals surface area contributed by atoms with Gasteiger partial charge in [-0.15, -0.1) is 0 Å². The Hall–Kier alpha value is -3.88. The summed E-state index contributed by atoms with van der Waals surface area (Å²) in [4.78, 5) is 51.8. The second-order valence-electron chi connectivity index (χ2n) is 12.7. The first-order chi connectivity index (χ1) is 20.5. The fourth-order valence-corrected chi connectivity index (χ4v) is 5.93. The molecule has 2 aliphatic rings. The monoisotopic (exact) mass is 591 g/mol. The second kappa shape index (κ2) is 14.5. The van der Waals surface area contributed by atoms with Crippen LogP contribution >= 0.6 is 0 Å². The molecule has 0 spiro atoms. The fraction of sp³-hybridized carbons (Fsp3) is 0.529. The van der Waals surface area contributed by atoms with Crippen LogP contribution in [0.2, 0.25) is 0 Å². The first-order valence-electron chi connectivity index (χ1n) is 15.3. The van der Waals surface area contributed by atoms with Crippen LogP contribution in [-0.4, -0.2) is 66.7 Å². The average Bonchev–Trinajstić information content (AvgIpc) is 3.23. The Balaban J connectivity index is 1.24. The Morgan fingerprint density at radius 1 is 0.977 bits per heavy atom. The SMILES string of the molecule is COC(=O)C[C@@H]1C[C@@H](CCNC(=O)c2ccc(C3CC(NC(=O)OC(C)(C)C)C3)cc2)N(CCCc2ccccc2)C1=O. The van der Waals surface area contributed by atoms with Crippen molar-refractivity contribution in [3.8, 4) is 0 Å². The van der Waals surface area contributed by atoms with Crippen molar-refractivity contribution in [3.05, 3.63) is 71.3 Å². The van der Waals surface area contributed by atoms with Crippen LogP contribution in [0.4, 0.5) is 4.79 Å². The lowest BCUT2D eigenvalue weighted by Crippen LogP contribution is -2.45. The highest BCUT2D eigenvalue weighted by Gasteiger charge is 2.40. The van der Waals surface area contributed by atoms with E-state index in [9.17, 15) is 19.2 Å². The molecule has 2 aromatic carbocycles. The van der Waals surface area contributed by atoms with Crippen molar-refractivity contribution < 1.29 is 28.7 Å². The maximum Gasteiger partial charge on any atom is 0.407 e. The molecule has 2 fully saturated rings. The molecular formula is C34H45N3O6. The van der Waals surface area contributed by atoms with Gasteiger partial charge in [0.15, 0.2) is 0 Å². The van der Waals surface area contributed by atoms with E-state index in [-0.39, 0.29) is 48.3 Å². The number of esters is 1. The first kappa shape index (κ1) is 32.0. The molecule has 0 bridgehead atoms. The fourth-order valence-electron chi connectivity index (χ4n) is 5.93. The van der Waals surface area contributed by atoms with Gasteiger partial charge in [-0.25, -0.2) is 4.79 Å². The summed E-state index contributed by atoms with van der Waals surface area (Å²) in [5.74, 6) is -0.595. The Labute approximate surface area is 254 Å². The molecule has 232 valence electrons. The standard InChI is InChI=1S/C34H45N3O6/c1-34(2,3)43-33(41)36-28-19-26(20-28)24-12-14-25(15-13-24)31(39)35-17-16-29-21-27(22-30(38)42-4)32(40)37(29)18-8-11-23-9-6-5-7-10-23/h5-7,9-10,12-15,26-29H,8,11,16-22H2,1-4H3,(H,35,39)(H,36,41)/t26?,27-,28?,29+/m0/s1. The topological polar surface area (TPSA) is 114 Å². The molecule has 1 aliphatic heterocycles. The van der Waals surface area contributed by atoms with E-state index < -0.39 is 5.60 Å². The van der Waals surface area contributed by atoms with Gasteiger partial charge in [0.25, 0.3) is 5.91 Å². The van der Waals surface area contributed by atoms with E-state index in [1.165, 1.54) is 12.7 Å². The second-order valence-corrected chi connectivity index (χ2v) is 12.7. The van der Waals surface area contributed by atoms with Gasteiger partial charge in [0, 0.05) is 30.7 Å². The van der Waals surface area contributed by atoms with Gasteiger partial charge in [0.05, 0.1) is 19.4 Å². The minimum atomic E-state index is -0.521. The number of nitrogens with zero attached hydrogens (tertiary/aromatic N) is 1. The normalized spacial score (nSPS) is 21.6. The molecule has 1 aliphatic carbocycles. The highest BCUT2D eigenvalue weighted by atomic mass is 16.6. The van der Waals surface area contributed by atoms with E-state index in [0.29, 0.717) is 37.4 Å². The van der Waals surface area contributed by atoms with Crippen molar-refractivity contribution in [1.29, 1.82) is 0 Å². The number of ether oxygens (including phenoxy) is 2. The van der Waals surface area contributed by atoms with Crippen LogP contribution in [0.1, 0.15) is 86.7 Å². The van der Waals surface area contributed by atoms with E-state index >= 15 is 0 Å². The van der Waals surface area contributed by atoms with Crippen LogP contribution in [0.25, 0.3) is 0 Å². The van der Waals surface area contributed by atoms with E-state index in [1.807, 2.05) is 68.1 Å². The molecule has 43 heavy (non-hydrogen) atoms. The summed E-state index contributed by atoms with van der Waals surface area (Å²) in [5, 5.41) is 5.92. The van der Waals surface area contributed by atoms with Gasteiger partial charge in [0.1, 0.15) is 5.60 Å². The Kier molecular flexibility index (Phi) is 10.8. The number of carbonyl (C=O) groups is 4. The van der Waals surface area contributed by atoms with Gasteiger partial charge in [-0.05, 0) is 88.5 Å². The molecule has 3 amide bonds. The van der Waals surface area contributed by atoms with Crippen molar-refractivity contribution in [2.75, 3.05) is 20.2 Å². The molecule has 4 rings (SSSR count). The number of hydrogen-bond acceptors (Lipinski definition) is 6. The minimum Gasteiger partial charge on any atom is -0.469 e. The van der Waals surface area contributed by atoms with Crippen LogP contribution in [0.15, 0.2) is 54.6 Å². The van der Waals surface area contributed by atoms with E-state index in [4.69, 9.17) is 9.47 Å². The summed E-state index contributed by atoms with van der Waals surface area (Å²) in [6, 6.07) is 17.8. The first-order valence-corrected chi connectivity index (χ1v) is 15.3. The van der Waals surface area contributed by atoms with Gasteiger partial charge in [-0.2, -0.15) is 0 Å². The third-order valence-electron chi connectivity index (χ3n) is 8.24. The lowest BCUT2D eigenvalue weighted by molar-refractivity contribution is -0.144. The van der Waals surface area contributed by atoms with Gasteiger partial charge in [-0.3, -0.25) is 14.4 Å². The quantitative estimate of drug-likeness (QED) is 0.336. The molecule has 2 aromatic rings. The zero-order chi connectivity index (χ0) is 31.0. The summed E-state index contributed by atoms with van der Waals surface area (Å²) >= 11 is 0. The van der Waals surface area contributed by atoms with E-state index in [1.54, 1.807) is 0 Å². The average molecular weight is 592 g/mol. The molecule has 9 heteroatoms. The van der Waals surface area contributed by atoms with Crippen LogP contribution in [0, 0.1) is 5.92 Å². The molecule has 1 saturated heterocycles. The molecule has 2 N–H and O–H groups in total. The Bertz CT molecular complexity index is 1250. The molecule has 1 heterocycles. The number of methoxy groups -OCH3 is 1. The summed E-state index contributed by atoms with van der Waals surface area (Å²) < 4.78 is 10.1. The highest BCUT2D eigenvalue weighted by molar-refractivity contribution is 5.94. The molecule has 0 aromatic heterocycles. The molecule has 0 unspecified atom stereocenters. The number of alkyl carbamates (subject to hydrolysis) is 1. The maximum absolute atomic E-state index is 13.2. The third kappa shape index (κ3) is 9.30. The Morgan fingerprint density at radius 2 is 1.67 bits per heavy atom. The number of rotatable bonds is 12. The number of aryl methyl sites for hydroxylation is 1. The third-order valence-corrected chi connectivity index (χ3v) is 8.24. The zero-order valence-electron chi connectivity index (χ0n) is 25.8. The van der Waals surface area contributed by atoms with Crippen LogP contribution in [0.3, 0.4) is 0 Å². The lowest BCUT2D eigenvalue weighted by Gasteiger charge is -2.36. The number of nitrogens with one attached hydrogen (secondary N) is 2. The molecule has 9 nitrogen and oxygen atoms in total. The zero-order valence-corrected chi connectivity index (χ0v) is 25.8. The van der Waals surface area contributed by atoms with Gasteiger partial charge < -0.3 is 25.0 Å². The molecule has 0 radical (unpaired) electrons. The van der Waals surface area contributed by atoms with Crippen LogP contribution in [-0.2, 0) is 25.5 Å². The van der Waals surface area contributed by atoms with Gasteiger partial charge in [-0.1, -0.05) is 42.5 Å². The van der Waals surface area contributed by atoms with Gasteiger partial charge >= 0.3 is 12.1 Å². The van der Waals surface area contributed by atoms with Crippen molar-refractivity contribution in [1.82, 2.24) is 15.5 Å². The predicted octanol–water partition coefficient (Wildman–Crippen LogP) is 4.99. The van der Waals surface area contributed by atoms with Crippen molar-refractivity contribution in [2.24, 2.45) is 5.92 Å². The minimum absolute atomic E-state index is 0.00935. The maximum atomic E-state index is 13.2. The van der Waals surface area contributed by atoms with Crippen molar-refractivity contribution in [2.45, 2.75) is 89.3 Å². The Morgan fingerprint density at radius 3 is 2.33 bits per heavy atom. The van der Waals surface area contributed by atoms with E-state index in [2.05, 4.69) is 22.8 Å². The molecular weight excluding hydrogens is 546 g/mol. The number of amides is 3.